The van der Waals surface area contributed by atoms with Crippen molar-refractivity contribution in [3.05, 3.63) is 125 Å². The molecule has 6 atom stereocenters. The van der Waals surface area contributed by atoms with Crippen molar-refractivity contribution in [3.63, 3.8) is 0 Å². The minimum atomic E-state index is -1.25. The summed E-state index contributed by atoms with van der Waals surface area (Å²) in [7, 11) is 1.73. The average molecular weight is 878 g/mol. The number of ether oxygens (including phenoxy) is 1. The molecule has 0 radical (unpaired) electrons. The zero-order valence-electron chi connectivity index (χ0n) is 34.4. The minimum Gasteiger partial charge on any atom is -0.491 e. The number of aliphatic hydroxyl groups excluding tert-OH is 1. The van der Waals surface area contributed by atoms with Gasteiger partial charge in [0.25, 0.3) is 0 Å². The van der Waals surface area contributed by atoms with E-state index in [0.717, 1.165) is 37.2 Å². The Morgan fingerprint density at radius 2 is 1.70 bits per heavy atom. The Hall–Kier alpha value is -6.41. The van der Waals surface area contributed by atoms with Gasteiger partial charge in [-0.05, 0) is 116 Å². The number of benzene rings is 4. The maximum absolute atomic E-state index is 15.3. The monoisotopic (exact) mass is 877 g/mol. The van der Waals surface area contributed by atoms with Crippen molar-refractivity contribution in [1.82, 2.24) is 14.8 Å². The Labute approximate surface area is 370 Å². The van der Waals surface area contributed by atoms with Crippen LogP contribution in [0.5, 0.6) is 5.75 Å². The van der Waals surface area contributed by atoms with Gasteiger partial charge in [-0.2, -0.15) is 5.10 Å². The fourth-order valence-electron chi connectivity index (χ4n) is 10.8. The van der Waals surface area contributed by atoms with Crippen LogP contribution in [0.1, 0.15) is 36.8 Å². The van der Waals surface area contributed by atoms with Gasteiger partial charge in [0, 0.05) is 34.3 Å². The predicted octanol–water partition coefficient (Wildman–Crippen LogP) is 8.88. The summed E-state index contributed by atoms with van der Waals surface area (Å²) in [5, 5.41) is 15.9. The quantitative estimate of drug-likeness (QED) is 0.117. The van der Waals surface area contributed by atoms with Crippen LogP contribution in [0.4, 0.5) is 11.5 Å². The molecule has 4 aromatic carbocycles. The van der Waals surface area contributed by atoms with Crippen LogP contribution < -0.4 is 14.5 Å². The van der Waals surface area contributed by atoms with Gasteiger partial charge in [-0.25, -0.2) is 9.88 Å². The number of amides is 4. The van der Waals surface area contributed by atoms with E-state index in [4.69, 9.17) is 25.9 Å². The first-order chi connectivity index (χ1) is 30.5. The van der Waals surface area contributed by atoms with Gasteiger partial charge in [-0.3, -0.25) is 28.8 Å². The molecule has 63 heavy (non-hydrogen) atoms. The van der Waals surface area contributed by atoms with Crippen molar-refractivity contribution >= 4 is 79.3 Å². The number of thiophene rings is 1. The van der Waals surface area contributed by atoms with Crippen LogP contribution in [0, 0.1) is 36.0 Å². The van der Waals surface area contributed by atoms with Gasteiger partial charge in [0.2, 0.25) is 29.5 Å². The molecular weight excluding hydrogens is 838 g/mol. The summed E-state index contributed by atoms with van der Waals surface area (Å²) in [5.74, 6) is -3.30. The van der Waals surface area contributed by atoms with E-state index in [1.165, 1.54) is 9.80 Å². The summed E-state index contributed by atoms with van der Waals surface area (Å²) in [5.41, 5.74) is 4.58. The van der Waals surface area contributed by atoms with Crippen LogP contribution in [0.3, 0.4) is 0 Å². The highest BCUT2D eigenvalue weighted by Gasteiger charge is 2.68. The van der Waals surface area contributed by atoms with Gasteiger partial charge in [0.1, 0.15) is 29.4 Å². The average Bonchev–Trinajstić information content (AvgIpc) is 4.07. The van der Waals surface area contributed by atoms with Crippen molar-refractivity contribution in [2.24, 2.45) is 36.1 Å². The van der Waals surface area contributed by atoms with E-state index in [-0.39, 0.29) is 43.3 Å². The van der Waals surface area contributed by atoms with Crippen molar-refractivity contribution in [3.8, 4) is 27.8 Å². The highest BCUT2D eigenvalue weighted by molar-refractivity contribution is 7.22. The number of fused-ring (bicyclic) bond motifs is 6. The molecule has 12 nitrogen and oxygen atoms in total. The zero-order chi connectivity index (χ0) is 43.5. The van der Waals surface area contributed by atoms with Gasteiger partial charge in [0.05, 0.1) is 40.3 Å². The molecule has 7 aromatic rings. The molecule has 1 saturated carbocycles. The molecule has 0 bridgehead atoms. The summed E-state index contributed by atoms with van der Waals surface area (Å²) in [4.78, 5) is 67.6. The molecule has 4 aliphatic rings. The summed E-state index contributed by atoms with van der Waals surface area (Å²) in [6, 6.07) is 29.5. The van der Waals surface area contributed by atoms with Crippen molar-refractivity contribution in [2.45, 2.75) is 32.6 Å². The van der Waals surface area contributed by atoms with E-state index in [9.17, 15) is 14.7 Å². The number of anilines is 2. The van der Waals surface area contributed by atoms with Crippen molar-refractivity contribution in [1.29, 1.82) is 0 Å². The number of aryl methyl sites for hydroxylation is 2. The summed E-state index contributed by atoms with van der Waals surface area (Å²) < 4.78 is 14.3. The number of rotatable bonds is 8. The summed E-state index contributed by atoms with van der Waals surface area (Å²) in [6.45, 7) is 3.85. The first kappa shape index (κ1) is 39.4. The van der Waals surface area contributed by atoms with Crippen LogP contribution in [0.2, 0.25) is 5.02 Å². The molecule has 2 aliphatic carbocycles. The number of hydrogen-bond acceptors (Lipinski definition) is 10. The second-order valence-corrected chi connectivity index (χ2v) is 18.5. The van der Waals surface area contributed by atoms with Gasteiger partial charge >= 0.3 is 0 Å². The van der Waals surface area contributed by atoms with E-state index in [1.807, 2.05) is 74.5 Å². The molecule has 11 rings (SSSR count). The number of aliphatic hydroxyl groups is 1. The SMILES string of the molecule is Cc1c(-c2cc(N3C(=O)C4CC5C(=CCC6C(=O)N(c7ccc(-c8nc9ccccc9o8)cc7)C(=O)C65)C(c5ccc(OCCO)cc5)C4(C)C3=O)n(C)n2)sc2ccc(Cl)cc12. The molecule has 6 unspecified atom stereocenters. The maximum Gasteiger partial charge on any atom is 0.242 e. The highest BCUT2D eigenvalue weighted by Crippen LogP contribution is 2.64. The smallest absolute Gasteiger partial charge is 0.242 e. The van der Waals surface area contributed by atoms with E-state index in [2.05, 4.69) is 4.98 Å². The van der Waals surface area contributed by atoms with Crippen LogP contribution in [-0.2, 0) is 26.2 Å². The third kappa shape index (κ3) is 5.89. The van der Waals surface area contributed by atoms with Crippen LogP contribution in [0.25, 0.3) is 43.2 Å². The molecule has 2 aliphatic heterocycles. The largest absolute Gasteiger partial charge is 0.491 e. The highest BCUT2D eigenvalue weighted by atomic mass is 35.5. The molecular formula is C49H40ClN5O7S. The Morgan fingerprint density at radius 3 is 2.46 bits per heavy atom. The van der Waals surface area contributed by atoms with Crippen LogP contribution >= 0.6 is 22.9 Å². The third-order valence-electron chi connectivity index (χ3n) is 13.7. The van der Waals surface area contributed by atoms with E-state index in [0.29, 0.717) is 51.4 Å². The number of halogens is 1. The van der Waals surface area contributed by atoms with E-state index in [1.54, 1.807) is 65.5 Å². The fraction of sp³-hybridized carbons (Fsp3) is 0.265. The number of hydrogen-bond donors (Lipinski definition) is 1. The topological polar surface area (TPSA) is 148 Å². The van der Waals surface area contributed by atoms with Gasteiger partial charge in [0.15, 0.2) is 5.58 Å². The molecule has 14 heteroatoms. The van der Waals surface area contributed by atoms with Gasteiger partial charge in [-0.1, -0.05) is 47.5 Å². The number of aromatic nitrogens is 3. The Kier molecular flexibility index (Phi) is 9.13. The standard InChI is InChI=1S/C49H40ClN5O7S/c1-25-33-22-28(50)12-19-39(33)63-43(25)37-24-40(53(3)52-37)55-46(58)35-23-34-31(42(49(35,2)48(55)60)26-10-15-30(16-11-26)61-21-20-56)17-18-32-41(34)47(59)54(45(32)57)29-13-8-27(9-14-29)44-51-36-6-4-5-7-38(36)62-44/h4-17,19,22,24,32,34-35,41-42,56H,18,20-21,23H2,1-3H3. The van der Waals surface area contributed by atoms with E-state index >= 15 is 9.59 Å². The van der Waals surface area contributed by atoms with Crippen LogP contribution in [-0.4, -0.2) is 56.7 Å². The number of carbonyl (C=O) groups excluding carboxylic acids is 4. The Morgan fingerprint density at radius 1 is 0.921 bits per heavy atom. The lowest BCUT2D eigenvalue weighted by Crippen LogP contribution is -2.48. The molecule has 3 fully saturated rings. The first-order valence-corrected chi connectivity index (χ1v) is 22.1. The predicted molar refractivity (Wildman–Crippen MR) is 239 cm³/mol. The molecule has 316 valence electrons. The molecule has 4 amide bonds. The number of para-hydroxylation sites is 2. The minimum absolute atomic E-state index is 0.119. The number of oxazole rings is 1. The number of carbonyl (C=O) groups is 4. The van der Waals surface area contributed by atoms with Crippen molar-refractivity contribution < 1.29 is 33.4 Å². The lowest BCUT2D eigenvalue weighted by atomic mass is 9.51. The normalized spacial score (nSPS) is 24.3. The number of nitrogens with zero attached hydrogens (tertiary/aromatic N) is 5. The second-order valence-electron chi connectivity index (χ2n) is 17.1. The summed E-state index contributed by atoms with van der Waals surface area (Å²) in [6.07, 6.45) is 2.56. The second kappa shape index (κ2) is 14.6. The van der Waals surface area contributed by atoms with Crippen molar-refractivity contribution in [2.75, 3.05) is 23.0 Å². The number of imide groups is 2. The lowest BCUT2D eigenvalue weighted by molar-refractivity contribution is -0.131. The Balaban J connectivity index is 0.960. The molecule has 0 spiro atoms. The number of allylic oxidation sites excluding steroid dienone is 2. The van der Waals surface area contributed by atoms with Gasteiger partial charge in [-0.15, -0.1) is 11.3 Å². The molecule has 1 N–H and O–H groups in total. The van der Waals surface area contributed by atoms with Crippen LogP contribution in [0.15, 0.2) is 113 Å². The van der Waals surface area contributed by atoms with E-state index < -0.39 is 35.0 Å². The maximum atomic E-state index is 15.3. The summed E-state index contributed by atoms with van der Waals surface area (Å²) >= 11 is 7.92. The fourth-order valence-corrected chi connectivity index (χ4v) is 12.1. The van der Waals surface area contributed by atoms with Gasteiger partial charge < -0.3 is 14.3 Å². The first-order valence-electron chi connectivity index (χ1n) is 20.9. The molecule has 3 aromatic heterocycles. The zero-order valence-corrected chi connectivity index (χ0v) is 36.0. The molecule has 2 saturated heterocycles. The Bertz CT molecular complexity index is 3060. The third-order valence-corrected chi connectivity index (χ3v) is 15.3. The molecule has 5 heterocycles. The lowest BCUT2D eigenvalue weighted by Gasteiger charge is -2.49.